The maximum Gasteiger partial charge on any atom is 0.248 e. The average molecular weight is 246 g/mol. The van der Waals surface area contributed by atoms with E-state index in [1.165, 1.54) is 0 Å². The lowest BCUT2D eigenvalue weighted by Gasteiger charge is -2.02. The van der Waals surface area contributed by atoms with Gasteiger partial charge in [-0.2, -0.15) is 0 Å². The second-order valence-electron chi connectivity index (χ2n) is 4.42. The molecule has 0 bridgehead atoms. The van der Waals surface area contributed by atoms with Gasteiger partial charge in [-0.05, 0) is 12.1 Å². The molecule has 0 unspecified atom stereocenters. The molecule has 2 heterocycles. The van der Waals surface area contributed by atoms with Crippen LogP contribution in [-0.4, -0.2) is 10.2 Å². The Hall–Kier alpha value is -2.68. The Bertz CT molecular complexity index is 821. The highest BCUT2D eigenvalue weighted by molar-refractivity contribution is 5.87. The van der Waals surface area contributed by atoms with Gasteiger partial charge in [-0.25, -0.2) is 0 Å². The molecule has 0 radical (unpaired) electrons. The molecule has 0 saturated heterocycles. The van der Waals surface area contributed by atoms with E-state index in [0.717, 1.165) is 27.8 Å². The predicted molar refractivity (Wildman–Crippen MR) is 73.9 cm³/mol. The summed E-state index contributed by atoms with van der Waals surface area (Å²) < 4.78 is 5.77. The van der Waals surface area contributed by atoms with Crippen LogP contribution in [0.3, 0.4) is 0 Å². The third kappa shape index (κ3) is 1.59. The number of rotatable bonds is 1. The van der Waals surface area contributed by atoms with Crippen LogP contribution in [-0.2, 0) is 0 Å². The summed E-state index contributed by atoms with van der Waals surface area (Å²) in [4.78, 5) is 0. The number of nitrogens with zero attached hydrogens (tertiary/aromatic N) is 2. The summed E-state index contributed by atoms with van der Waals surface area (Å²) in [5.41, 5.74) is 3.69. The topological polar surface area (TPSA) is 38.9 Å². The van der Waals surface area contributed by atoms with Gasteiger partial charge >= 0.3 is 0 Å². The van der Waals surface area contributed by atoms with Crippen LogP contribution in [0.1, 0.15) is 0 Å². The van der Waals surface area contributed by atoms with Crippen molar-refractivity contribution in [2.24, 2.45) is 0 Å². The summed E-state index contributed by atoms with van der Waals surface area (Å²) >= 11 is 0. The minimum absolute atomic E-state index is 0.581. The zero-order valence-corrected chi connectivity index (χ0v) is 10.1. The monoisotopic (exact) mass is 246 g/mol. The van der Waals surface area contributed by atoms with Crippen LogP contribution in [0.2, 0.25) is 0 Å². The van der Waals surface area contributed by atoms with Gasteiger partial charge in [-0.1, -0.05) is 48.5 Å². The predicted octanol–water partition coefficient (Wildman–Crippen LogP) is 3.99. The summed E-state index contributed by atoms with van der Waals surface area (Å²) in [5, 5.41) is 9.43. The van der Waals surface area contributed by atoms with Gasteiger partial charge in [0.2, 0.25) is 5.89 Å². The Morgan fingerprint density at radius 2 is 1.58 bits per heavy atom. The lowest BCUT2D eigenvalue weighted by Crippen LogP contribution is -1.82. The fraction of sp³-hybridized carbons (Fsp3) is 0. The first-order valence-electron chi connectivity index (χ1n) is 6.12. The smallest absolute Gasteiger partial charge is 0.248 e. The SMILES string of the molecule is c1ccc(-c2nnc3oc4ccccc4cc2-3)cc1. The summed E-state index contributed by atoms with van der Waals surface area (Å²) in [6, 6.07) is 20.0. The van der Waals surface area contributed by atoms with Crippen LogP contribution in [0.5, 0.6) is 0 Å². The Morgan fingerprint density at radius 3 is 2.47 bits per heavy atom. The van der Waals surface area contributed by atoms with Crippen molar-refractivity contribution in [3.8, 4) is 22.7 Å². The molecule has 0 saturated carbocycles. The third-order valence-corrected chi connectivity index (χ3v) is 3.20. The number of hydrogen-bond donors (Lipinski definition) is 0. The van der Waals surface area contributed by atoms with E-state index < -0.39 is 0 Å². The molecule has 2 aromatic carbocycles. The van der Waals surface area contributed by atoms with Crippen molar-refractivity contribution in [1.82, 2.24) is 10.2 Å². The molecule has 0 spiro atoms. The Morgan fingerprint density at radius 1 is 0.789 bits per heavy atom. The molecule has 4 rings (SSSR count). The van der Waals surface area contributed by atoms with Gasteiger partial charge in [0, 0.05) is 10.9 Å². The molecule has 90 valence electrons. The maximum atomic E-state index is 5.77. The van der Waals surface area contributed by atoms with E-state index in [1.807, 2.05) is 54.6 Å². The minimum atomic E-state index is 0.581. The van der Waals surface area contributed by atoms with Crippen LogP contribution in [0.15, 0.2) is 65.1 Å². The summed E-state index contributed by atoms with van der Waals surface area (Å²) in [6.45, 7) is 0. The molecule has 3 nitrogen and oxygen atoms in total. The zero-order chi connectivity index (χ0) is 12.7. The van der Waals surface area contributed by atoms with Crippen molar-refractivity contribution in [3.05, 3.63) is 60.7 Å². The maximum absolute atomic E-state index is 5.77. The van der Waals surface area contributed by atoms with Gasteiger partial charge in [0.1, 0.15) is 11.3 Å². The van der Waals surface area contributed by atoms with E-state index in [4.69, 9.17) is 4.42 Å². The number of benzene rings is 2. The summed E-state index contributed by atoms with van der Waals surface area (Å²) in [5.74, 6) is 0.581. The van der Waals surface area contributed by atoms with Crippen LogP contribution in [0.4, 0.5) is 0 Å². The van der Waals surface area contributed by atoms with Crippen molar-refractivity contribution in [1.29, 1.82) is 0 Å². The Labute approximate surface area is 109 Å². The van der Waals surface area contributed by atoms with Crippen molar-refractivity contribution >= 4 is 11.0 Å². The number of aromatic nitrogens is 2. The molecule has 0 fully saturated rings. The van der Waals surface area contributed by atoms with Crippen LogP contribution in [0.25, 0.3) is 33.7 Å². The molecule has 0 aliphatic carbocycles. The fourth-order valence-electron chi connectivity index (χ4n) is 2.27. The van der Waals surface area contributed by atoms with Crippen LogP contribution < -0.4 is 0 Å². The van der Waals surface area contributed by atoms with Crippen molar-refractivity contribution < 1.29 is 4.42 Å². The number of hydrogen-bond acceptors (Lipinski definition) is 3. The second-order valence-corrected chi connectivity index (χ2v) is 4.42. The summed E-state index contributed by atoms with van der Waals surface area (Å²) in [7, 11) is 0. The van der Waals surface area contributed by atoms with Gasteiger partial charge in [0.05, 0.1) is 5.56 Å². The van der Waals surface area contributed by atoms with Gasteiger partial charge in [-0.3, -0.25) is 0 Å². The lowest BCUT2D eigenvalue weighted by molar-refractivity contribution is 0.598. The second kappa shape index (κ2) is 3.92. The number of para-hydroxylation sites is 1. The standard InChI is InChI=1S/C16H10N2O/c1-2-6-11(7-3-1)15-13-10-12-8-4-5-9-14(12)19-16(13)18-17-15/h1-10H. The van der Waals surface area contributed by atoms with Crippen LogP contribution in [0, 0.1) is 0 Å². The van der Waals surface area contributed by atoms with E-state index in [2.05, 4.69) is 16.3 Å². The highest BCUT2D eigenvalue weighted by Crippen LogP contribution is 2.34. The first kappa shape index (κ1) is 10.3. The van der Waals surface area contributed by atoms with Gasteiger partial charge < -0.3 is 4.42 Å². The molecule has 0 aromatic heterocycles. The van der Waals surface area contributed by atoms with Crippen LogP contribution >= 0.6 is 0 Å². The van der Waals surface area contributed by atoms with E-state index in [1.54, 1.807) is 0 Å². The van der Waals surface area contributed by atoms with Crippen molar-refractivity contribution in [2.75, 3.05) is 0 Å². The molecule has 19 heavy (non-hydrogen) atoms. The molecule has 2 aliphatic heterocycles. The Balaban J connectivity index is 2.02. The van der Waals surface area contributed by atoms with E-state index in [9.17, 15) is 0 Å². The van der Waals surface area contributed by atoms with Crippen molar-refractivity contribution in [3.63, 3.8) is 0 Å². The fourth-order valence-corrected chi connectivity index (χ4v) is 2.27. The third-order valence-electron chi connectivity index (χ3n) is 3.20. The first-order chi connectivity index (χ1) is 9.42. The largest absolute Gasteiger partial charge is 0.436 e. The van der Waals surface area contributed by atoms with E-state index >= 15 is 0 Å². The highest BCUT2D eigenvalue weighted by atomic mass is 16.3. The molecule has 2 aliphatic rings. The molecule has 0 N–H and O–H groups in total. The minimum Gasteiger partial charge on any atom is -0.436 e. The quantitative estimate of drug-likeness (QED) is 0.509. The van der Waals surface area contributed by atoms with Gasteiger partial charge in [-0.15, -0.1) is 10.2 Å². The molecule has 0 atom stereocenters. The zero-order valence-electron chi connectivity index (χ0n) is 10.1. The highest BCUT2D eigenvalue weighted by Gasteiger charge is 2.17. The van der Waals surface area contributed by atoms with Gasteiger partial charge in [0.15, 0.2) is 0 Å². The Kier molecular flexibility index (Phi) is 2.12. The van der Waals surface area contributed by atoms with E-state index in [0.29, 0.717) is 5.89 Å². The first-order valence-corrected chi connectivity index (χ1v) is 6.12. The average Bonchev–Trinajstić information content (AvgIpc) is 2.88. The molecule has 3 heteroatoms. The van der Waals surface area contributed by atoms with Gasteiger partial charge in [0.25, 0.3) is 0 Å². The molecule has 2 aromatic rings. The lowest BCUT2D eigenvalue weighted by atomic mass is 10.1. The molecular weight excluding hydrogens is 236 g/mol. The molecular formula is C16H10N2O. The van der Waals surface area contributed by atoms with Crippen molar-refractivity contribution in [2.45, 2.75) is 0 Å². The van der Waals surface area contributed by atoms with E-state index in [-0.39, 0.29) is 0 Å². The molecule has 0 amide bonds. The summed E-state index contributed by atoms with van der Waals surface area (Å²) in [6.07, 6.45) is 0. The number of fused-ring (bicyclic) bond motifs is 2. The normalized spacial score (nSPS) is 11.2.